The van der Waals surface area contributed by atoms with Crippen molar-refractivity contribution >= 4 is 16.8 Å². The summed E-state index contributed by atoms with van der Waals surface area (Å²) in [5, 5.41) is 2.86. The van der Waals surface area contributed by atoms with Crippen LogP contribution in [0.5, 0.6) is 0 Å². The van der Waals surface area contributed by atoms with Crippen LogP contribution >= 0.6 is 0 Å². The molecule has 2 aromatic carbocycles. The second kappa shape index (κ2) is 3.48. The van der Waals surface area contributed by atoms with Gasteiger partial charge in [-0.15, -0.1) is 0 Å². The number of hydrogen-bond donors (Lipinski definition) is 0. The lowest BCUT2D eigenvalue weighted by atomic mass is 9.80. The summed E-state index contributed by atoms with van der Waals surface area (Å²) in [6.45, 7) is 6.27. The van der Waals surface area contributed by atoms with Crippen LogP contribution < -0.4 is 0 Å². The third-order valence-corrected chi connectivity index (χ3v) is 3.77. The molecule has 3 rings (SSSR count). The third-order valence-electron chi connectivity index (χ3n) is 3.77. The molecule has 0 nitrogen and oxygen atoms in total. The van der Waals surface area contributed by atoms with Crippen molar-refractivity contribution in [3.8, 4) is 0 Å². The third kappa shape index (κ3) is 1.23. The van der Waals surface area contributed by atoms with E-state index in [9.17, 15) is 0 Å². The van der Waals surface area contributed by atoms with E-state index in [1.54, 1.807) is 0 Å². The van der Waals surface area contributed by atoms with Gasteiger partial charge in [0.1, 0.15) is 0 Å². The number of benzene rings is 2. The zero-order valence-electron chi connectivity index (χ0n) is 9.66. The highest BCUT2D eigenvalue weighted by Gasteiger charge is 2.20. The Morgan fingerprint density at radius 2 is 2.12 bits per heavy atom. The van der Waals surface area contributed by atoms with E-state index >= 15 is 0 Å². The zero-order chi connectivity index (χ0) is 11.1. The molecule has 0 aliphatic heterocycles. The second-order valence-corrected chi connectivity index (χ2v) is 4.73. The Morgan fingerprint density at radius 3 is 2.94 bits per heavy atom. The van der Waals surface area contributed by atoms with Gasteiger partial charge in [0, 0.05) is 0 Å². The molecule has 1 unspecified atom stereocenters. The summed E-state index contributed by atoms with van der Waals surface area (Å²) in [6.07, 6.45) is 4.47. The molecule has 0 N–H and O–H groups in total. The first-order chi connectivity index (χ1) is 7.81. The number of rotatable bonds is 1. The molecule has 0 bridgehead atoms. The molecule has 0 saturated carbocycles. The van der Waals surface area contributed by atoms with E-state index in [0.717, 1.165) is 0 Å². The minimum Gasteiger partial charge on any atom is -0.0985 e. The molecule has 2 aromatic rings. The average molecular weight is 208 g/mol. The largest absolute Gasteiger partial charge is 0.0985 e. The molecule has 0 heterocycles. The van der Waals surface area contributed by atoms with Gasteiger partial charge in [0.25, 0.3) is 0 Å². The smallest absolute Gasteiger partial charge is 0.0111 e. The van der Waals surface area contributed by atoms with Crippen LogP contribution in [0.3, 0.4) is 0 Å². The van der Waals surface area contributed by atoms with E-state index in [1.807, 2.05) is 6.08 Å². The Kier molecular flexibility index (Phi) is 2.10. The summed E-state index contributed by atoms with van der Waals surface area (Å²) in [4.78, 5) is 0. The highest BCUT2D eigenvalue weighted by molar-refractivity contribution is 5.92. The fraction of sp³-hybridized carbons (Fsp3) is 0.250. The fourth-order valence-corrected chi connectivity index (χ4v) is 2.93. The van der Waals surface area contributed by atoms with Crippen molar-refractivity contribution in [3.05, 3.63) is 53.6 Å². The Bertz CT molecular complexity index is 564. The van der Waals surface area contributed by atoms with E-state index in [-0.39, 0.29) is 0 Å². The van der Waals surface area contributed by atoms with Crippen LogP contribution in [0, 0.1) is 0 Å². The van der Waals surface area contributed by atoms with Crippen LogP contribution in [-0.4, -0.2) is 0 Å². The van der Waals surface area contributed by atoms with Crippen molar-refractivity contribution in [1.29, 1.82) is 0 Å². The summed E-state index contributed by atoms with van der Waals surface area (Å²) >= 11 is 0. The summed E-state index contributed by atoms with van der Waals surface area (Å²) < 4.78 is 0. The lowest BCUT2D eigenvalue weighted by molar-refractivity contribution is 0.669. The summed E-state index contributed by atoms with van der Waals surface area (Å²) in [5.74, 6) is 0.659. The summed E-state index contributed by atoms with van der Waals surface area (Å²) in [6, 6.07) is 11.1. The van der Waals surface area contributed by atoms with Crippen molar-refractivity contribution < 1.29 is 0 Å². The molecule has 0 aromatic heterocycles. The molecule has 0 amide bonds. The van der Waals surface area contributed by atoms with E-state index in [2.05, 4.69) is 43.8 Å². The van der Waals surface area contributed by atoms with Crippen molar-refractivity contribution in [2.24, 2.45) is 0 Å². The van der Waals surface area contributed by atoms with Crippen molar-refractivity contribution in [2.75, 3.05) is 0 Å². The lowest BCUT2D eigenvalue weighted by Crippen LogP contribution is -2.07. The van der Waals surface area contributed by atoms with Gasteiger partial charge in [-0.2, -0.15) is 0 Å². The van der Waals surface area contributed by atoms with Gasteiger partial charge in [0.15, 0.2) is 0 Å². The molecule has 0 saturated heterocycles. The van der Waals surface area contributed by atoms with E-state index in [4.69, 9.17) is 0 Å². The van der Waals surface area contributed by atoms with Gasteiger partial charge in [-0.25, -0.2) is 0 Å². The van der Waals surface area contributed by atoms with Gasteiger partial charge in [-0.3, -0.25) is 0 Å². The van der Waals surface area contributed by atoms with Crippen LogP contribution in [0.25, 0.3) is 16.8 Å². The molecular weight excluding hydrogens is 192 g/mol. The molecule has 16 heavy (non-hydrogen) atoms. The molecule has 1 aliphatic rings. The topological polar surface area (TPSA) is 0 Å². The molecule has 0 radical (unpaired) electrons. The highest BCUT2D eigenvalue weighted by atomic mass is 14.2. The Labute approximate surface area is 96.6 Å². The maximum atomic E-state index is 3.93. The first kappa shape index (κ1) is 9.65. The Morgan fingerprint density at radius 1 is 1.25 bits per heavy atom. The van der Waals surface area contributed by atoms with Gasteiger partial charge < -0.3 is 0 Å². The van der Waals surface area contributed by atoms with Gasteiger partial charge in [0.05, 0.1) is 0 Å². The predicted octanol–water partition coefficient (Wildman–Crippen LogP) is 4.53. The van der Waals surface area contributed by atoms with E-state index < -0.39 is 0 Å². The van der Waals surface area contributed by atoms with Gasteiger partial charge in [-0.1, -0.05) is 49.9 Å². The van der Waals surface area contributed by atoms with Crippen LogP contribution in [0.1, 0.15) is 36.0 Å². The maximum Gasteiger partial charge on any atom is -0.0111 e. The standard InChI is InChI=1S/C16H16/c1-3-12-9-10-14-6-4-5-13-8-7-11(2)15(12)16(13)14/h3-6,9-11H,1,7-8H2,2H3. The van der Waals surface area contributed by atoms with E-state index in [0.29, 0.717) is 5.92 Å². The maximum absolute atomic E-state index is 3.93. The molecule has 0 spiro atoms. The van der Waals surface area contributed by atoms with Crippen molar-refractivity contribution in [3.63, 3.8) is 0 Å². The quantitative estimate of drug-likeness (QED) is 0.645. The van der Waals surface area contributed by atoms with Gasteiger partial charge >= 0.3 is 0 Å². The summed E-state index contributed by atoms with van der Waals surface area (Å²) in [5.41, 5.74) is 4.33. The SMILES string of the molecule is C=Cc1ccc2cccc3c2c1C(C)CC3. The minimum absolute atomic E-state index is 0.659. The second-order valence-electron chi connectivity index (χ2n) is 4.73. The predicted molar refractivity (Wildman–Crippen MR) is 70.8 cm³/mol. The molecule has 0 fully saturated rings. The van der Waals surface area contributed by atoms with Crippen LogP contribution in [-0.2, 0) is 6.42 Å². The van der Waals surface area contributed by atoms with Crippen LogP contribution in [0.2, 0.25) is 0 Å². The zero-order valence-corrected chi connectivity index (χ0v) is 9.66. The minimum atomic E-state index is 0.659. The van der Waals surface area contributed by atoms with Crippen LogP contribution in [0.4, 0.5) is 0 Å². The number of aryl methyl sites for hydroxylation is 1. The fourth-order valence-electron chi connectivity index (χ4n) is 2.93. The highest BCUT2D eigenvalue weighted by Crippen LogP contribution is 2.38. The monoisotopic (exact) mass is 208 g/mol. The normalized spacial score (nSPS) is 18.7. The summed E-state index contributed by atoms with van der Waals surface area (Å²) in [7, 11) is 0. The first-order valence-electron chi connectivity index (χ1n) is 5.98. The average Bonchev–Trinajstić information content (AvgIpc) is 2.33. The Balaban J connectivity index is 2.48. The molecule has 1 aliphatic carbocycles. The molecular formula is C16H16. The first-order valence-corrected chi connectivity index (χ1v) is 5.98. The molecule has 1 atom stereocenters. The van der Waals surface area contributed by atoms with Gasteiger partial charge in [0.2, 0.25) is 0 Å². The Hall–Kier alpha value is -1.56. The van der Waals surface area contributed by atoms with Crippen LogP contribution in [0.15, 0.2) is 36.9 Å². The van der Waals surface area contributed by atoms with Crippen molar-refractivity contribution in [1.82, 2.24) is 0 Å². The lowest BCUT2D eigenvalue weighted by Gasteiger charge is -2.24. The number of hydrogen-bond acceptors (Lipinski definition) is 0. The van der Waals surface area contributed by atoms with Crippen molar-refractivity contribution in [2.45, 2.75) is 25.7 Å². The van der Waals surface area contributed by atoms with Gasteiger partial charge in [-0.05, 0) is 46.2 Å². The van der Waals surface area contributed by atoms with E-state index in [1.165, 1.54) is 40.3 Å². The molecule has 80 valence electrons. The molecule has 0 heteroatoms.